The largest absolute Gasteiger partial charge is 0.477 e. The third-order valence-electron chi connectivity index (χ3n) is 6.33. The van der Waals surface area contributed by atoms with Crippen molar-refractivity contribution in [1.82, 2.24) is 4.90 Å². The topological polar surface area (TPSA) is 38.8 Å². The van der Waals surface area contributed by atoms with Gasteiger partial charge in [0.05, 0.1) is 10.6 Å². The number of hydrogen-bond acceptors (Lipinski definition) is 4. The molecule has 2 aliphatic heterocycles. The highest BCUT2D eigenvalue weighted by molar-refractivity contribution is 6.32. The number of nitrogens with zero attached hydrogens (tertiary/aromatic N) is 1. The fourth-order valence-electron chi connectivity index (χ4n) is 4.73. The molecule has 0 amide bonds. The second-order valence-electron chi connectivity index (χ2n) is 8.25. The lowest BCUT2D eigenvalue weighted by atomic mass is 9.93. The van der Waals surface area contributed by atoms with Crippen molar-refractivity contribution in [2.24, 2.45) is 0 Å². The molecule has 0 radical (unpaired) electrons. The molecule has 0 bridgehead atoms. The molecule has 4 nitrogen and oxygen atoms in total. The van der Waals surface area contributed by atoms with Gasteiger partial charge in [0.15, 0.2) is 5.76 Å². The normalized spacial score (nSPS) is 20.6. The van der Waals surface area contributed by atoms with Crippen LogP contribution in [0.15, 0.2) is 30.0 Å². The lowest BCUT2D eigenvalue weighted by Crippen LogP contribution is -2.41. The number of Topliss-reactive ketones (excluding diaryl/α,β-unsaturated/α-hetero) is 1. The Balaban J connectivity index is 1.47. The zero-order valence-electron chi connectivity index (χ0n) is 16.8. The van der Waals surface area contributed by atoms with Gasteiger partial charge in [-0.1, -0.05) is 36.9 Å². The summed E-state index contributed by atoms with van der Waals surface area (Å²) < 4.78 is 26.2. The van der Waals surface area contributed by atoms with E-state index in [2.05, 4.69) is 4.90 Å². The number of ketones is 1. The first kappa shape index (κ1) is 19.6. The van der Waals surface area contributed by atoms with Crippen LogP contribution >= 0.6 is 11.6 Å². The maximum atomic E-state index is 14.2. The smallest absolute Gasteiger partial charge is 0.231 e. The van der Waals surface area contributed by atoms with E-state index in [1.54, 1.807) is 6.07 Å². The molecule has 6 heteroatoms. The molecular formula is C24H23ClFNO3. The van der Waals surface area contributed by atoms with E-state index in [-0.39, 0.29) is 22.1 Å². The van der Waals surface area contributed by atoms with Crippen molar-refractivity contribution in [2.75, 3.05) is 6.73 Å². The maximum absolute atomic E-state index is 14.2. The van der Waals surface area contributed by atoms with Gasteiger partial charge in [-0.3, -0.25) is 9.69 Å². The number of halogens is 2. The van der Waals surface area contributed by atoms with E-state index in [0.29, 0.717) is 24.1 Å². The minimum atomic E-state index is -0.496. The van der Waals surface area contributed by atoms with E-state index >= 15 is 0 Å². The molecule has 1 fully saturated rings. The molecule has 156 valence electrons. The molecule has 3 aliphatic rings. The zero-order chi connectivity index (χ0) is 20.8. The molecule has 0 spiro atoms. The van der Waals surface area contributed by atoms with Crippen molar-refractivity contribution >= 4 is 23.5 Å². The van der Waals surface area contributed by atoms with Crippen LogP contribution in [0.2, 0.25) is 5.02 Å². The fourth-order valence-corrected chi connectivity index (χ4v) is 4.94. The number of benzene rings is 2. The summed E-state index contributed by atoms with van der Waals surface area (Å²) in [6, 6.07) is 6.83. The molecule has 0 unspecified atom stereocenters. The van der Waals surface area contributed by atoms with Crippen LogP contribution in [-0.4, -0.2) is 23.5 Å². The van der Waals surface area contributed by atoms with Gasteiger partial charge >= 0.3 is 0 Å². The summed E-state index contributed by atoms with van der Waals surface area (Å²) in [5.74, 6) is 0.601. The van der Waals surface area contributed by atoms with E-state index in [0.717, 1.165) is 23.4 Å². The van der Waals surface area contributed by atoms with Crippen LogP contribution in [0.5, 0.6) is 11.5 Å². The van der Waals surface area contributed by atoms with Gasteiger partial charge in [-0.25, -0.2) is 4.39 Å². The van der Waals surface area contributed by atoms with Gasteiger partial charge in [0.1, 0.15) is 24.0 Å². The van der Waals surface area contributed by atoms with Gasteiger partial charge in [-0.15, -0.1) is 0 Å². The standard InChI is InChI=1S/C24H23ClFNO3/c1-14-23-15(12-27(13-29-23)16-6-3-2-4-7-16)10-18-22(28)21(30-24(14)18)11-17-19(25)8-5-9-20(17)26/h5,8-11,16H,2-4,6-7,12-13H2,1H3/b21-11-. The predicted molar refractivity (Wildman–Crippen MR) is 113 cm³/mol. The molecule has 0 saturated heterocycles. The number of carbonyl (C=O) groups excluding carboxylic acids is 1. The first-order chi connectivity index (χ1) is 14.5. The highest BCUT2D eigenvalue weighted by Gasteiger charge is 2.35. The van der Waals surface area contributed by atoms with Crippen LogP contribution in [0.4, 0.5) is 4.39 Å². The van der Waals surface area contributed by atoms with Crippen LogP contribution in [0.3, 0.4) is 0 Å². The summed E-state index contributed by atoms with van der Waals surface area (Å²) in [5, 5.41) is 0.234. The SMILES string of the molecule is Cc1c2c(cc3c1O/C(=C\c1c(F)cccc1Cl)C3=O)CN(C1CCCCC1)CO2. The molecule has 0 atom stereocenters. The molecular weight excluding hydrogens is 405 g/mol. The highest BCUT2D eigenvalue weighted by atomic mass is 35.5. The van der Waals surface area contributed by atoms with Crippen LogP contribution in [-0.2, 0) is 6.54 Å². The maximum Gasteiger partial charge on any atom is 0.231 e. The molecule has 30 heavy (non-hydrogen) atoms. The van der Waals surface area contributed by atoms with Crippen LogP contribution in [0.1, 0.15) is 59.2 Å². The molecule has 2 aromatic carbocycles. The molecule has 2 heterocycles. The third-order valence-corrected chi connectivity index (χ3v) is 6.66. The number of ether oxygens (including phenoxy) is 2. The lowest BCUT2D eigenvalue weighted by molar-refractivity contribution is 0.0397. The molecule has 0 N–H and O–H groups in total. The van der Waals surface area contributed by atoms with Crippen LogP contribution in [0.25, 0.3) is 6.08 Å². The van der Waals surface area contributed by atoms with Crippen molar-refractivity contribution in [3.8, 4) is 11.5 Å². The minimum absolute atomic E-state index is 0.0755. The first-order valence-electron chi connectivity index (χ1n) is 10.4. The summed E-state index contributed by atoms with van der Waals surface area (Å²) in [6.07, 6.45) is 7.60. The Morgan fingerprint density at radius 1 is 1.20 bits per heavy atom. The lowest BCUT2D eigenvalue weighted by Gasteiger charge is -2.37. The quantitative estimate of drug-likeness (QED) is 0.560. The molecule has 5 rings (SSSR count). The summed E-state index contributed by atoms with van der Waals surface area (Å²) in [5.41, 5.74) is 2.46. The number of fused-ring (bicyclic) bond motifs is 2. The Hall–Kier alpha value is -2.37. The predicted octanol–water partition coefficient (Wildman–Crippen LogP) is 5.89. The van der Waals surface area contributed by atoms with E-state index in [1.807, 2.05) is 13.0 Å². The number of hydrogen-bond donors (Lipinski definition) is 0. The Bertz CT molecular complexity index is 1040. The van der Waals surface area contributed by atoms with Gasteiger partial charge in [-0.05, 0) is 44.0 Å². The van der Waals surface area contributed by atoms with Crippen molar-refractivity contribution in [1.29, 1.82) is 0 Å². The summed E-state index contributed by atoms with van der Waals surface area (Å²) in [7, 11) is 0. The fraction of sp³-hybridized carbons (Fsp3) is 0.375. The molecule has 1 aliphatic carbocycles. The average molecular weight is 428 g/mol. The van der Waals surface area contributed by atoms with Gasteiger partial charge < -0.3 is 9.47 Å². The second kappa shape index (κ2) is 7.71. The van der Waals surface area contributed by atoms with Crippen molar-refractivity contribution in [3.63, 3.8) is 0 Å². The molecule has 0 aromatic heterocycles. The Morgan fingerprint density at radius 3 is 2.77 bits per heavy atom. The van der Waals surface area contributed by atoms with Crippen LogP contribution in [0, 0.1) is 12.7 Å². The summed E-state index contributed by atoms with van der Waals surface area (Å²) in [4.78, 5) is 15.4. The summed E-state index contributed by atoms with van der Waals surface area (Å²) >= 11 is 6.11. The van der Waals surface area contributed by atoms with E-state index in [1.165, 1.54) is 50.3 Å². The van der Waals surface area contributed by atoms with E-state index < -0.39 is 5.82 Å². The summed E-state index contributed by atoms with van der Waals surface area (Å²) in [6.45, 7) is 3.22. The molecule has 1 saturated carbocycles. The van der Waals surface area contributed by atoms with Crippen LogP contribution < -0.4 is 9.47 Å². The molecule has 2 aromatic rings. The Labute approximate surface area is 180 Å². The van der Waals surface area contributed by atoms with E-state index in [4.69, 9.17) is 21.1 Å². The highest BCUT2D eigenvalue weighted by Crippen LogP contribution is 2.44. The van der Waals surface area contributed by atoms with Crippen molar-refractivity contribution in [2.45, 2.75) is 51.6 Å². The van der Waals surface area contributed by atoms with Gasteiger partial charge in [0, 0.05) is 29.3 Å². The average Bonchev–Trinajstić information content (AvgIpc) is 3.07. The van der Waals surface area contributed by atoms with Gasteiger partial charge in [-0.2, -0.15) is 0 Å². The monoisotopic (exact) mass is 427 g/mol. The third kappa shape index (κ3) is 3.30. The van der Waals surface area contributed by atoms with Crippen molar-refractivity contribution < 1.29 is 18.7 Å². The van der Waals surface area contributed by atoms with E-state index in [9.17, 15) is 9.18 Å². The van der Waals surface area contributed by atoms with Gasteiger partial charge in [0.2, 0.25) is 5.78 Å². The number of allylic oxidation sites excluding steroid dienone is 1. The zero-order valence-corrected chi connectivity index (χ0v) is 17.6. The van der Waals surface area contributed by atoms with Gasteiger partial charge in [0.25, 0.3) is 0 Å². The second-order valence-corrected chi connectivity index (χ2v) is 8.66. The number of carbonyl (C=O) groups is 1. The Kier molecular flexibility index (Phi) is 5.03. The minimum Gasteiger partial charge on any atom is -0.477 e. The first-order valence-corrected chi connectivity index (χ1v) is 10.8. The van der Waals surface area contributed by atoms with Crippen molar-refractivity contribution in [3.05, 3.63) is 63.1 Å². The Morgan fingerprint density at radius 2 is 2.00 bits per heavy atom. The number of rotatable bonds is 2.